The van der Waals surface area contributed by atoms with Gasteiger partial charge in [0.1, 0.15) is 23.3 Å². The van der Waals surface area contributed by atoms with Crippen molar-refractivity contribution in [3.8, 4) is 11.1 Å². The SMILES string of the molecule is CC(C)NC(=O)c1cc(-c2ccc(NC(=O)[C@H](O)c3cc(F)cc(F)c3)cc2F)cnc1N. The van der Waals surface area contributed by atoms with E-state index in [4.69, 9.17) is 5.73 Å². The quantitative estimate of drug-likeness (QED) is 0.451. The number of aliphatic hydroxyl groups is 1. The summed E-state index contributed by atoms with van der Waals surface area (Å²) in [6.07, 6.45) is -0.568. The molecule has 3 aromatic rings. The summed E-state index contributed by atoms with van der Waals surface area (Å²) in [5.74, 6) is -4.13. The number of hydrogen-bond acceptors (Lipinski definition) is 5. The molecule has 3 rings (SSSR count). The minimum atomic E-state index is -1.87. The van der Waals surface area contributed by atoms with Crippen molar-refractivity contribution in [2.24, 2.45) is 0 Å². The molecule has 0 saturated carbocycles. The van der Waals surface area contributed by atoms with Crippen LogP contribution < -0.4 is 16.4 Å². The molecule has 0 aliphatic heterocycles. The van der Waals surface area contributed by atoms with E-state index >= 15 is 0 Å². The van der Waals surface area contributed by atoms with Crippen LogP contribution >= 0.6 is 0 Å². The number of rotatable bonds is 6. The number of aromatic nitrogens is 1. The minimum Gasteiger partial charge on any atom is -0.383 e. The van der Waals surface area contributed by atoms with Crippen LogP contribution in [0.5, 0.6) is 0 Å². The average molecular weight is 458 g/mol. The van der Waals surface area contributed by atoms with E-state index in [1.54, 1.807) is 13.8 Å². The first kappa shape index (κ1) is 23.7. The van der Waals surface area contributed by atoms with Crippen molar-refractivity contribution in [2.45, 2.75) is 26.0 Å². The van der Waals surface area contributed by atoms with E-state index in [1.807, 2.05) is 0 Å². The number of nitrogen functional groups attached to an aromatic ring is 1. The minimum absolute atomic E-state index is 0.00152. The summed E-state index contributed by atoms with van der Waals surface area (Å²) in [7, 11) is 0. The molecule has 1 atom stereocenters. The number of pyridine rings is 1. The van der Waals surface area contributed by atoms with Gasteiger partial charge in [-0.3, -0.25) is 9.59 Å². The maximum atomic E-state index is 14.8. The maximum absolute atomic E-state index is 14.8. The summed E-state index contributed by atoms with van der Waals surface area (Å²) < 4.78 is 41.5. The number of carbonyl (C=O) groups excluding carboxylic acids is 2. The van der Waals surface area contributed by atoms with Crippen LogP contribution in [0.1, 0.15) is 35.9 Å². The molecule has 1 heterocycles. The zero-order valence-corrected chi connectivity index (χ0v) is 17.7. The van der Waals surface area contributed by atoms with Gasteiger partial charge in [-0.1, -0.05) is 0 Å². The van der Waals surface area contributed by atoms with Crippen molar-refractivity contribution in [3.63, 3.8) is 0 Å². The summed E-state index contributed by atoms with van der Waals surface area (Å²) in [4.78, 5) is 28.5. The third-order valence-corrected chi connectivity index (χ3v) is 4.58. The van der Waals surface area contributed by atoms with E-state index < -0.39 is 35.4 Å². The Bertz CT molecular complexity index is 1200. The second kappa shape index (κ2) is 9.70. The van der Waals surface area contributed by atoms with Crippen LogP contribution in [-0.2, 0) is 4.79 Å². The first-order chi connectivity index (χ1) is 15.5. The van der Waals surface area contributed by atoms with Crippen molar-refractivity contribution in [2.75, 3.05) is 11.1 Å². The van der Waals surface area contributed by atoms with Gasteiger partial charge in [-0.05, 0) is 55.8 Å². The zero-order valence-electron chi connectivity index (χ0n) is 17.7. The highest BCUT2D eigenvalue weighted by molar-refractivity contribution is 5.99. The molecular formula is C23H21F3N4O3. The topological polar surface area (TPSA) is 117 Å². The number of aliphatic hydroxyl groups excluding tert-OH is 1. The van der Waals surface area contributed by atoms with Crippen LogP contribution in [0.15, 0.2) is 48.7 Å². The van der Waals surface area contributed by atoms with Gasteiger partial charge in [0.15, 0.2) is 6.10 Å². The fourth-order valence-electron chi connectivity index (χ4n) is 3.07. The monoisotopic (exact) mass is 458 g/mol. The molecule has 0 unspecified atom stereocenters. The molecule has 2 aromatic carbocycles. The number of nitrogens with two attached hydrogens (primary N) is 1. The highest BCUT2D eigenvalue weighted by Crippen LogP contribution is 2.28. The van der Waals surface area contributed by atoms with Crippen molar-refractivity contribution >= 4 is 23.3 Å². The second-order valence-electron chi connectivity index (χ2n) is 7.57. The number of benzene rings is 2. The Kier molecular flexibility index (Phi) is 6.98. The van der Waals surface area contributed by atoms with Crippen LogP contribution in [-0.4, -0.2) is 27.9 Å². The molecule has 2 amide bonds. The van der Waals surface area contributed by atoms with E-state index in [0.29, 0.717) is 6.07 Å². The van der Waals surface area contributed by atoms with Gasteiger partial charge in [0.2, 0.25) is 0 Å². The Morgan fingerprint density at radius 3 is 2.30 bits per heavy atom. The van der Waals surface area contributed by atoms with E-state index in [0.717, 1.165) is 18.2 Å². The Morgan fingerprint density at radius 1 is 1.03 bits per heavy atom. The van der Waals surface area contributed by atoms with Gasteiger partial charge in [-0.2, -0.15) is 0 Å². The predicted octanol–water partition coefficient (Wildman–Crippen LogP) is 3.56. The first-order valence-corrected chi connectivity index (χ1v) is 9.86. The van der Waals surface area contributed by atoms with Crippen molar-refractivity contribution in [3.05, 3.63) is 77.2 Å². The molecule has 0 radical (unpaired) electrons. The van der Waals surface area contributed by atoms with Gasteiger partial charge in [0.05, 0.1) is 5.56 Å². The van der Waals surface area contributed by atoms with Crippen molar-refractivity contribution < 1.29 is 27.9 Å². The maximum Gasteiger partial charge on any atom is 0.257 e. The predicted molar refractivity (Wildman–Crippen MR) is 117 cm³/mol. The lowest BCUT2D eigenvalue weighted by Crippen LogP contribution is -2.30. The lowest BCUT2D eigenvalue weighted by Gasteiger charge is -2.14. The molecule has 33 heavy (non-hydrogen) atoms. The molecule has 0 aliphatic carbocycles. The summed E-state index contributed by atoms with van der Waals surface area (Å²) >= 11 is 0. The number of amides is 2. The molecule has 0 saturated heterocycles. The molecule has 7 nitrogen and oxygen atoms in total. The normalized spacial score (nSPS) is 11.8. The molecule has 0 aliphatic rings. The Balaban J connectivity index is 1.81. The Hall–Kier alpha value is -3.92. The molecule has 10 heteroatoms. The first-order valence-electron chi connectivity index (χ1n) is 9.86. The molecule has 1 aromatic heterocycles. The number of nitrogens with one attached hydrogen (secondary N) is 2. The van der Waals surface area contributed by atoms with Gasteiger partial charge in [0, 0.05) is 35.1 Å². The van der Waals surface area contributed by atoms with Crippen LogP contribution in [0.2, 0.25) is 0 Å². The standard InChI is InChI=1S/C23H21F3N4O3/c1-11(2)29-22(32)18-7-13(10-28-21(18)27)17-4-3-16(9-19(17)26)30-23(33)20(31)12-5-14(24)8-15(25)6-12/h3-11,20,31H,1-2H3,(H2,27,28)(H,29,32)(H,30,33)/t20-/m1/s1. The third-order valence-electron chi connectivity index (χ3n) is 4.58. The lowest BCUT2D eigenvalue weighted by molar-refractivity contribution is -0.124. The van der Waals surface area contributed by atoms with Crippen LogP contribution in [0.3, 0.4) is 0 Å². The smallest absolute Gasteiger partial charge is 0.257 e. The fraction of sp³-hybridized carbons (Fsp3) is 0.174. The Labute approximate surface area is 187 Å². The van der Waals surface area contributed by atoms with E-state index in [1.165, 1.54) is 24.4 Å². The summed E-state index contributed by atoms with van der Waals surface area (Å²) in [5.41, 5.74) is 5.94. The van der Waals surface area contributed by atoms with Crippen molar-refractivity contribution in [1.29, 1.82) is 0 Å². The van der Waals surface area contributed by atoms with Crippen LogP contribution in [0.25, 0.3) is 11.1 Å². The fourth-order valence-corrected chi connectivity index (χ4v) is 3.07. The van der Waals surface area contributed by atoms with E-state index in [-0.39, 0.29) is 39.8 Å². The van der Waals surface area contributed by atoms with Crippen molar-refractivity contribution in [1.82, 2.24) is 10.3 Å². The molecule has 172 valence electrons. The molecule has 0 fully saturated rings. The lowest BCUT2D eigenvalue weighted by atomic mass is 10.0. The van der Waals surface area contributed by atoms with E-state index in [2.05, 4.69) is 15.6 Å². The highest BCUT2D eigenvalue weighted by Gasteiger charge is 2.20. The average Bonchev–Trinajstić information content (AvgIpc) is 2.72. The summed E-state index contributed by atoms with van der Waals surface area (Å²) in [6.45, 7) is 3.56. The zero-order chi connectivity index (χ0) is 24.3. The Morgan fingerprint density at radius 2 is 1.70 bits per heavy atom. The summed E-state index contributed by atoms with van der Waals surface area (Å²) in [6, 6.07) is 7.20. The second-order valence-corrected chi connectivity index (χ2v) is 7.57. The number of carbonyl (C=O) groups is 2. The number of hydrogen-bond donors (Lipinski definition) is 4. The largest absolute Gasteiger partial charge is 0.383 e. The summed E-state index contributed by atoms with van der Waals surface area (Å²) in [5, 5.41) is 15.0. The number of anilines is 2. The molecule has 0 spiro atoms. The van der Waals surface area contributed by atoms with Crippen LogP contribution in [0, 0.1) is 17.5 Å². The number of nitrogens with zero attached hydrogens (tertiary/aromatic N) is 1. The molecular weight excluding hydrogens is 437 g/mol. The van der Waals surface area contributed by atoms with Crippen LogP contribution in [0.4, 0.5) is 24.7 Å². The van der Waals surface area contributed by atoms with E-state index in [9.17, 15) is 27.9 Å². The van der Waals surface area contributed by atoms with Gasteiger partial charge >= 0.3 is 0 Å². The van der Waals surface area contributed by atoms with Gasteiger partial charge < -0.3 is 21.5 Å². The molecule has 5 N–H and O–H groups in total. The number of halogens is 3. The van der Waals surface area contributed by atoms with Gasteiger partial charge in [-0.25, -0.2) is 18.2 Å². The third kappa shape index (κ3) is 5.66. The van der Waals surface area contributed by atoms with Gasteiger partial charge in [0.25, 0.3) is 11.8 Å². The highest BCUT2D eigenvalue weighted by atomic mass is 19.1. The molecule has 0 bridgehead atoms. The van der Waals surface area contributed by atoms with Gasteiger partial charge in [-0.15, -0.1) is 0 Å².